The van der Waals surface area contributed by atoms with E-state index in [2.05, 4.69) is 20.7 Å². The average molecular weight is 427 g/mol. The molecule has 8 heteroatoms. The maximum atomic E-state index is 12.4. The molecule has 1 heterocycles. The zero-order valence-electron chi connectivity index (χ0n) is 12.8. The highest BCUT2D eigenvalue weighted by Gasteiger charge is 2.15. The van der Waals surface area contributed by atoms with Gasteiger partial charge in [-0.3, -0.25) is 14.1 Å². The minimum Gasteiger partial charge on any atom is -0.299 e. The second kappa shape index (κ2) is 6.70. The largest absolute Gasteiger partial charge is 0.308 e. The number of hydrogen-bond acceptors (Lipinski definition) is 4. The van der Waals surface area contributed by atoms with Gasteiger partial charge in [-0.25, -0.2) is 8.42 Å². The molecule has 3 aromatic rings. The van der Waals surface area contributed by atoms with Crippen LogP contribution in [0.5, 0.6) is 0 Å². The number of anilines is 1. The number of rotatable bonds is 5. The van der Waals surface area contributed by atoms with Crippen molar-refractivity contribution in [1.82, 2.24) is 4.57 Å². The summed E-state index contributed by atoms with van der Waals surface area (Å²) < 4.78 is 30.7. The van der Waals surface area contributed by atoms with Crippen molar-refractivity contribution in [2.75, 3.05) is 4.72 Å². The van der Waals surface area contributed by atoms with Crippen molar-refractivity contribution in [3.05, 3.63) is 56.6 Å². The van der Waals surface area contributed by atoms with E-state index in [1.54, 1.807) is 34.9 Å². The number of aromatic nitrogens is 1. The van der Waals surface area contributed by atoms with E-state index in [0.29, 0.717) is 12.2 Å². The first-order valence-electron chi connectivity index (χ1n) is 7.32. The summed E-state index contributed by atoms with van der Waals surface area (Å²) in [6.45, 7) is 2.67. The summed E-state index contributed by atoms with van der Waals surface area (Å²) >= 11 is 4.41. The molecule has 5 nitrogen and oxygen atoms in total. The third kappa shape index (κ3) is 3.40. The topological polar surface area (TPSA) is 68.2 Å². The smallest absolute Gasteiger partial charge is 0.299 e. The number of halogens is 1. The number of aryl methyl sites for hydroxylation is 1. The molecule has 0 amide bonds. The Morgan fingerprint density at radius 3 is 2.54 bits per heavy atom. The SMILES string of the molecule is CCCn1c(=O)sc2cc(NS(=O)(=O)c3ccc(Br)cc3)ccc21. The van der Waals surface area contributed by atoms with Crippen LogP contribution in [0.4, 0.5) is 5.69 Å². The first kappa shape index (κ1) is 17.2. The van der Waals surface area contributed by atoms with Gasteiger partial charge in [0.15, 0.2) is 0 Å². The lowest BCUT2D eigenvalue weighted by atomic mass is 10.3. The molecule has 0 aliphatic carbocycles. The molecular formula is C16H15BrN2O3S2. The minimum absolute atomic E-state index is 0.0280. The Hall–Kier alpha value is -1.64. The van der Waals surface area contributed by atoms with Gasteiger partial charge in [0.25, 0.3) is 10.0 Å². The number of hydrogen-bond donors (Lipinski definition) is 1. The average Bonchev–Trinajstić information content (AvgIpc) is 2.83. The van der Waals surface area contributed by atoms with Crippen LogP contribution in [-0.2, 0) is 16.6 Å². The van der Waals surface area contributed by atoms with Gasteiger partial charge in [-0.2, -0.15) is 0 Å². The Morgan fingerprint density at radius 1 is 1.17 bits per heavy atom. The van der Waals surface area contributed by atoms with Crippen LogP contribution in [0.2, 0.25) is 0 Å². The maximum absolute atomic E-state index is 12.4. The lowest BCUT2D eigenvalue weighted by Crippen LogP contribution is -2.13. The second-order valence-corrected chi connectivity index (χ2v) is 8.85. The molecule has 1 N–H and O–H groups in total. The monoisotopic (exact) mass is 426 g/mol. The fraction of sp³-hybridized carbons (Fsp3) is 0.188. The van der Waals surface area contributed by atoms with Crippen molar-refractivity contribution >= 4 is 53.2 Å². The van der Waals surface area contributed by atoms with Crippen LogP contribution < -0.4 is 9.60 Å². The molecule has 0 aliphatic heterocycles. The molecule has 0 radical (unpaired) electrons. The fourth-order valence-corrected chi connectivity index (χ4v) is 4.66. The molecule has 0 bridgehead atoms. The molecule has 2 aromatic carbocycles. The predicted octanol–water partition coefficient (Wildman–Crippen LogP) is 4.04. The highest BCUT2D eigenvalue weighted by Crippen LogP contribution is 2.24. The van der Waals surface area contributed by atoms with Gasteiger partial charge in [0.2, 0.25) is 0 Å². The Morgan fingerprint density at radius 2 is 1.88 bits per heavy atom. The third-order valence-corrected chi connectivity index (χ3v) is 6.36. The van der Waals surface area contributed by atoms with E-state index >= 15 is 0 Å². The number of sulfonamides is 1. The molecule has 126 valence electrons. The van der Waals surface area contributed by atoms with E-state index in [1.165, 1.54) is 12.1 Å². The number of nitrogens with one attached hydrogen (secondary N) is 1. The number of nitrogens with zero attached hydrogens (tertiary/aromatic N) is 1. The summed E-state index contributed by atoms with van der Waals surface area (Å²) in [4.78, 5) is 12.2. The zero-order valence-corrected chi connectivity index (χ0v) is 16.0. The third-order valence-electron chi connectivity index (χ3n) is 3.49. The lowest BCUT2D eigenvalue weighted by molar-refractivity contribution is 0.601. The van der Waals surface area contributed by atoms with Crippen molar-refractivity contribution in [3.8, 4) is 0 Å². The van der Waals surface area contributed by atoms with Crippen molar-refractivity contribution in [2.45, 2.75) is 24.8 Å². The van der Waals surface area contributed by atoms with Crippen LogP contribution in [-0.4, -0.2) is 13.0 Å². The van der Waals surface area contributed by atoms with E-state index in [4.69, 9.17) is 0 Å². The first-order chi connectivity index (χ1) is 11.4. The van der Waals surface area contributed by atoms with Gasteiger partial charge in [-0.15, -0.1) is 0 Å². The van der Waals surface area contributed by atoms with Crippen LogP contribution in [0.3, 0.4) is 0 Å². The summed E-state index contributed by atoms with van der Waals surface area (Å²) in [7, 11) is -3.66. The molecule has 0 aliphatic rings. The summed E-state index contributed by atoms with van der Waals surface area (Å²) in [5, 5.41) is 0. The van der Waals surface area contributed by atoms with E-state index in [0.717, 1.165) is 32.4 Å². The van der Waals surface area contributed by atoms with Crippen LogP contribution >= 0.6 is 27.3 Å². The van der Waals surface area contributed by atoms with E-state index in [1.807, 2.05) is 6.92 Å². The van der Waals surface area contributed by atoms with Gasteiger partial charge in [0.05, 0.1) is 20.8 Å². The van der Waals surface area contributed by atoms with Gasteiger partial charge in [0, 0.05) is 11.0 Å². The van der Waals surface area contributed by atoms with E-state index in [9.17, 15) is 13.2 Å². The summed E-state index contributed by atoms with van der Waals surface area (Å²) in [5.74, 6) is 0. The molecule has 0 saturated carbocycles. The standard InChI is InChI=1S/C16H15BrN2O3S2/c1-2-9-19-14-8-5-12(10-15(14)23-16(19)20)18-24(21,22)13-6-3-11(17)4-7-13/h3-8,10,18H,2,9H2,1H3. The zero-order chi connectivity index (χ0) is 17.3. The van der Waals surface area contributed by atoms with Gasteiger partial charge >= 0.3 is 4.87 Å². The fourth-order valence-electron chi connectivity index (χ4n) is 2.39. The van der Waals surface area contributed by atoms with Crippen molar-refractivity contribution in [2.24, 2.45) is 0 Å². The molecule has 3 rings (SSSR count). The highest BCUT2D eigenvalue weighted by atomic mass is 79.9. The highest BCUT2D eigenvalue weighted by molar-refractivity contribution is 9.10. The summed E-state index contributed by atoms with van der Waals surface area (Å²) in [5.41, 5.74) is 1.27. The Balaban J connectivity index is 1.95. The van der Waals surface area contributed by atoms with Gasteiger partial charge in [-0.05, 0) is 48.9 Å². The minimum atomic E-state index is -3.66. The van der Waals surface area contributed by atoms with Crippen LogP contribution in [0, 0.1) is 0 Å². The molecule has 0 saturated heterocycles. The molecule has 0 fully saturated rings. The van der Waals surface area contributed by atoms with Gasteiger partial charge in [0.1, 0.15) is 0 Å². The number of fused-ring (bicyclic) bond motifs is 1. The van der Waals surface area contributed by atoms with E-state index < -0.39 is 10.0 Å². The lowest BCUT2D eigenvalue weighted by Gasteiger charge is -2.08. The summed E-state index contributed by atoms with van der Waals surface area (Å²) in [6, 6.07) is 11.6. The molecule has 1 aromatic heterocycles. The van der Waals surface area contributed by atoms with Gasteiger partial charge in [-0.1, -0.05) is 34.2 Å². The van der Waals surface area contributed by atoms with E-state index in [-0.39, 0.29) is 9.77 Å². The number of thiazole rings is 1. The quantitative estimate of drug-likeness (QED) is 0.669. The van der Waals surface area contributed by atoms with Crippen LogP contribution in [0.15, 0.2) is 56.6 Å². The Bertz CT molecular complexity index is 1040. The van der Waals surface area contributed by atoms with Crippen molar-refractivity contribution in [1.29, 1.82) is 0 Å². The van der Waals surface area contributed by atoms with Gasteiger partial charge < -0.3 is 0 Å². The normalized spacial score (nSPS) is 11.8. The van der Waals surface area contributed by atoms with Crippen LogP contribution in [0.1, 0.15) is 13.3 Å². The van der Waals surface area contributed by atoms with Crippen molar-refractivity contribution in [3.63, 3.8) is 0 Å². The first-order valence-corrected chi connectivity index (χ1v) is 10.4. The Kier molecular flexibility index (Phi) is 4.80. The van der Waals surface area contributed by atoms with Crippen LogP contribution in [0.25, 0.3) is 10.2 Å². The van der Waals surface area contributed by atoms with Crippen molar-refractivity contribution < 1.29 is 8.42 Å². The predicted molar refractivity (Wildman–Crippen MR) is 101 cm³/mol. The summed E-state index contributed by atoms with van der Waals surface area (Å²) in [6.07, 6.45) is 0.865. The second-order valence-electron chi connectivity index (χ2n) is 5.26. The Labute approximate surface area is 152 Å². The maximum Gasteiger partial charge on any atom is 0.308 e. The number of benzene rings is 2. The molecule has 24 heavy (non-hydrogen) atoms. The molecule has 0 spiro atoms. The molecule has 0 unspecified atom stereocenters. The molecular weight excluding hydrogens is 412 g/mol. The molecule has 0 atom stereocenters.